The normalized spacial score (nSPS) is 15.8. The van der Waals surface area contributed by atoms with Crippen molar-refractivity contribution in [2.24, 2.45) is 0 Å². The van der Waals surface area contributed by atoms with E-state index in [0.717, 1.165) is 23.9 Å². The van der Waals surface area contributed by atoms with Crippen LogP contribution < -0.4 is 0 Å². The highest BCUT2D eigenvalue weighted by Gasteiger charge is 2.27. The monoisotopic (exact) mass is 323 g/mol. The van der Waals surface area contributed by atoms with Crippen molar-refractivity contribution >= 4 is 16.9 Å². The third-order valence-electron chi connectivity index (χ3n) is 4.81. The molecule has 1 aromatic carbocycles. The summed E-state index contributed by atoms with van der Waals surface area (Å²) in [5.74, 6) is -0.271. The lowest BCUT2D eigenvalue weighted by Crippen LogP contribution is -2.38. The molecular formula is C19H18FN3O. The predicted octanol–water partition coefficient (Wildman–Crippen LogP) is 3.72. The maximum absolute atomic E-state index is 13.8. The fourth-order valence-corrected chi connectivity index (χ4v) is 3.51. The molecule has 0 spiro atoms. The van der Waals surface area contributed by atoms with Crippen LogP contribution in [0.3, 0.4) is 0 Å². The van der Waals surface area contributed by atoms with Gasteiger partial charge >= 0.3 is 0 Å². The summed E-state index contributed by atoms with van der Waals surface area (Å²) in [6, 6.07) is 10.2. The van der Waals surface area contributed by atoms with E-state index in [-0.39, 0.29) is 11.5 Å². The molecule has 1 saturated heterocycles. The van der Waals surface area contributed by atoms with Crippen molar-refractivity contribution in [2.75, 3.05) is 13.1 Å². The molecule has 5 heteroatoms. The van der Waals surface area contributed by atoms with Gasteiger partial charge in [-0.15, -0.1) is 0 Å². The van der Waals surface area contributed by atoms with Crippen LogP contribution in [0.25, 0.3) is 11.0 Å². The number of hydrogen-bond acceptors (Lipinski definition) is 2. The molecular weight excluding hydrogens is 305 g/mol. The summed E-state index contributed by atoms with van der Waals surface area (Å²) >= 11 is 0. The summed E-state index contributed by atoms with van der Waals surface area (Å²) in [6.07, 6.45) is 5.55. The molecule has 24 heavy (non-hydrogen) atoms. The summed E-state index contributed by atoms with van der Waals surface area (Å²) in [4.78, 5) is 21.8. The largest absolute Gasteiger partial charge is 0.346 e. The highest BCUT2D eigenvalue weighted by Crippen LogP contribution is 2.33. The third kappa shape index (κ3) is 2.56. The molecule has 4 nitrogen and oxygen atoms in total. The molecule has 0 saturated carbocycles. The molecule has 1 fully saturated rings. The highest BCUT2D eigenvalue weighted by atomic mass is 19.1. The number of piperidine rings is 1. The Morgan fingerprint density at radius 3 is 2.75 bits per heavy atom. The van der Waals surface area contributed by atoms with Crippen molar-refractivity contribution in [1.82, 2.24) is 14.9 Å². The van der Waals surface area contributed by atoms with Gasteiger partial charge in [0.25, 0.3) is 5.91 Å². The summed E-state index contributed by atoms with van der Waals surface area (Å²) in [6.45, 7) is 1.29. The van der Waals surface area contributed by atoms with E-state index in [1.54, 1.807) is 29.3 Å². The van der Waals surface area contributed by atoms with Gasteiger partial charge in [0.2, 0.25) is 0 Å². The van der Waals surface area contributed by atoms with Crippen LogP contribution >= 0.6 is 0 Å². The Bertz CT molecular complexity index is 881. The zero-order valence-electron chi connectivity index (χ0n) is 13.2. The minimum atomic E-state index is -0.452. The number of halogens is 1. The first-order valence-electron chi connectivity index (χ1n) is 8.20. The van der Waals surface area contributed by atoms with Gasteiger partial charge < -0.3 is 9.88 Å². The van der Waals surface area contributed by atoms with Gasteiger partial charge in [-0.2, -0.15) is 0 Å². The van der Waals surface area contributed by atoms with Gasteiger partial charge in [0.05, 0.1) is 5.56 Å². The Morgan fingerprint density at radius 1 is 1.17 bits per heavy atom. The lowest BCUT2D eigenvalue weighted by molar-refractivity contribution is 0.0708. The van der Waals surface area contributed by atoms with Crippen molar-refractivity contribution in [3.63, 3.8) is 0 Å². The van der Waals surface area contributed by atoms with E-state index in [0.29, 0.717) is 19.0 Å². The number of aromatic amines is 1. The minimum Gasteiger partial charge on any atom is -0.346 e. The van der Waals surface area contributed by atoms with E-state index in [9.17, 15) is 9.18 Å². The Labute approximate surface area is 139 Å². The molecule has 0 radical (unpaired) electrons. The number of likely N-dealkylation sites (tertiary alicyclic amines) is 1. The van der Waals surface area contributed by atoms with Crippen molar-refractivity contribution < 1.29 is 9.18 Å². The van der Waals surface area contributed by atoms with Gasteiger partial charge in [0.15, 0.2) is 0 Å². The van der Waals surface area contributed by atoms with Crippen molar-refractivity contribution in [1.29, 1.82) is 0 Å². The lowest BCUT2D eigenvalue weighted by atomic mass is 9.89. The van der Waals surface area contributed by atoms with Crippen LogP contribution in [0.2, 0.25) is 0 Å². The van der Waals surface area contributed by atoms with Gasteiger partial charge in [0.1, 0.15) is 11.5 Å². The molecule has 2 aromatic heterocycles. The highest BCUT2D eigenvalue weighted by molar-refractivity contribution is 5.94. The smallest absolute Gasteiger partial charge is 0.256 e. The summed E-state index contributed by atoms with van der Waals surface area (Å²) in [7, 11) is 0. The number of nitrogens with zero attached hydrogens (tertiary/aromatic N) is 2. The number of hydrogen-bond donors (Lipinski definition) is 1. The zero-order chi connectivity index (χ0) is 16.5. The maximum Gasteiger partial charge on any atom is 0.256 e. The fraction of sp³-hybridized carbons (Fsp3) is 0.263. The topological polar surface area (TPSA) is 49.0 Å². The minimum absolute atomic E-state index is 0.159. The second-order valence-corrected chi connectivity index (χ2v) is 6.19. The SMILES string of the molecule is O=C(c1ccccc1F)N1CCC(c2c[nH]c3ncccc23)CC1. The average molecular weight is 323 g/mol. The van der Waals surface area contributed by atoms with E-state index in [2.05, 4.69) is 16.0 Å². The number of H-pyrrole nitrogens is 1. The van der Waals surface area contributed by atoms with Crippen LogP contribution in [-0.4, -0.2) is 33.9 Å². The molecule has 0 atom stereocenters. The molecule has 1 aliphatic rings. The van der Waals surface area contributed by atoms with Crippen molar-refractivity contribution in [3.8, 4) is 0 Å². The van der Waals surface area contributed by atoms with Crippen LogP contribution in [0.4, 0.5) is 4.39 Å². The summed E-state index contributed by atoms with van der Waals surface area (Å²) in [5, 5.41) is 1.15. The standard InChI is InChI=1S/C19H18FN3O/c20-17-6-2-1-4-15(17)19(24)23-10-7-13(8-11-23)16-12-22-18-14(16)5-3-9-21-18/h1-6,9,12-13H,7-8,10-11H2,(H,21,22). The first kappa shape index (κ1) is 14.9. The zero-order valence-corrected chi connectivity index (χ0v) is 13.2. The second-order valence-electron chi connectivity index (χ2n) is 6.19. The molecule has 0 unspecified atom stereocenters. The van der Waals surface area contributed by atoms with Crippen LogP contribution in [0, 0.1) is 5.82 Å². The molecule has 4 rings (SSSR count). The maximum atomic E-state index is 13.8. The van der Waals surface area contributed by atoms with Crippen LogP contribution in [-0.2, 0) is 0 Å². The molecule has 0 aliphatic carbocycles. The first-order valence-corrected chi connectivity index (χ1v) is 8.20. The quantitative estimate of drug-likeness (QED) is 0.781. The predicted molar refractivity (Wildman–Crippen MR) is 90.4 cm³/mol. The molecule has 1 N–H and O–H groups in total. The van der Waals surface area contributed by atoms with E-state index in [1.165, 1.54) is 11.6 Å². The van der Waals surface area contributed by atoms with E-state index >= 15 is 0 Å². The van der Waals surface area contributed by atoms with E-state index in [4.69, 9.17) is 0 Å². The summed E-state index contributed by atoms with van der Waals surface area (Å²) < 4.78 is 13.8. The summed E-state index contributed by atoms with van der Waals surface area (Å²) in [5.41, 5.74) is 2.32. The lowest BCUT2D eigenvalue weighted by Gasteiger charge is -2.32. The van der Waals surface area contributed by atoms with Gasteiger partial charge in [0, 0.05) is 30.9 Å². The molecule has 1 amide bonds. The molecule has 3 heterocycles. The van der Waals surface area contributed by atoms with Crippen molar-refractivity contribution in [3.05, 3.63) is 65.7 Å². The van der Waals surface area contributed by atoms with Gasteiger partial charge in [-0.05, 0) is 48.6 Å². The third-order valence-corrected chi connectivity index (χ3v) is 4.81. The van der Waals surface area contributed by atoms with Crippen LogP contribution in [0.15, 0.2) is 48.8 Å². The molecule has 1 aliphatic heterocycles. The number of carbonyl (C=O) groups is 1. The van der Waals surface area contributed by atoms with Crippen LogP contribution in [0.5, 0.6) is 0 Å². The second kappa shape index (κ2) is 6.07. The number of pyridine rings is 1. The number of aromatic nitrogens is 2. The Kier molecular flexibility index (Phi) is 3.76. The van der Waals surface area contributed by atoms with Crippen molar-refractivity contribution in [2.45, 2.75) is 18.8 Å². The number of amides is 1. The number of carbonyl (C=O) groups excluding carboxylic acids is 1. The Hall–Kier alpha value is -2.69. The fourth-order valence-electron chi connectivity index (χ4n) is 3.51. The van der Waals surface area contributed by atoms with E-state index in [1.807, 2.05) is 12.3 Å². The first-order chi connectivity index (χ1) is 11.7. The van der Waals surface area contributed by atoms with Gasteiger partial charge in [-0.25, -0.2) is 9.37 Å². The number of fused-ring (bicyclic) bond motifs is 1. The molecule has 0 bridgehead atoms. The number of rotatable bonds is 2. The number of nitrogens with one attached hydrogen (secondary N) is 1. The van der Waals surface area contributed by atoms with E-state index < -0.39 is 5.82 Å². The Balaban J connectivity index is 1.49. The number of benzene rings is 1. The average Bonchev–Trinajstić information content (AvgIpc) is 3.06. The molecule has 122 valence electrons. The van der Waals surface area contributed by atoms with Gasteiger partial charge in [-0.1, -0.05) is 12.1 Å². The molecule has 3 aromatic rings. The Morgan fingerprint density at radius 2 is 1.96 bits per heavy atom. The van der Waals surface area contributed by atoms with Gasteiger partial charge in [-0.3, -0.25) is 4.79 Å². The van der Waals surface area contributed by atoms with Crippen LogP contribution in [0.1, 0.15) is 34.7 Å².